The topological polar surface area (TPSA) is 18.5 Å². The molecule has 2 fully saturated rings. The minimum atomic E-state index is -0.217. The van der Waals surface area contributed by atoms with Gasteiger partial charge < -0.3 is 9.47 Å². The van der Waals surface area contributed by atoms with Gasteiger partial charge in [0.2, 0.25) is 0 Å². The van der Waals surface area contributed by atoms with Gasteiger partial charge in [0, 0.05) is 4.90 Å². The van der Waals surface area contributed by atoms with Crippen LogP contribution < -0.4 is 14.8 Å². The zero-order chi connectivity index (χ0) is 20.9. The second kappa shape index (κ2) is 10.4. The van der Waals surface area contributed by atoms with Gasteiger partial charge in [0.25, 0.3) is 0 Å². The van der Waals surface area contributed by atoms with Crippen LogP contribution >= 0.6 is 20.6 Å². The molecule has 4 heteroatoms. The van der Waals surface area contributed by atoms with Crippen molar-refractivity contribution in [2.45, 2.75) is 80.4 Å². The molecular weight excluding hydrogens is 407 g/mol. The van der Waals surface area contributed by atoms with E-state index in [9.17, 15) is 0 Å². The Balaban J connectivity index is 1.86. The molecule has 162 valence electrons. The summed E-state index contributed by atoms with van der Waals surface area (Å²) in [5, 5.41) is 1.56. The molecule has 2 saturated carbocycles. The summed E-state index contributed by atoms with van der Waals surface area (Å²) < 4.78 is 11.7. The predicted octanol–water partition coefficient (Wildman–Crippen LogP) is 7.43. The lowest BCUT2D eigenvalue weighted by Gasteiger charge is -2.39. The average molecular weight is 443 g/mol. The maximum atomic E-state index is 5.85. The lowest BCUT2D eigenvalue weighted by Crippen LogP contribution is -2.27. The number of benzene rings is 2. The quantitative estimate of drug-likeness (QED) is 0.370. The van der Waals surface area contributed by atoms with E-state index in [-0.39, 0.29) is 7.92 Å². The normalized spacial score (nSPS) is 18.5. The zero-order valence-corrected chi connectivity index (χ0v) is 20.2. The third-order valence-electron chi connectivity index (χ3n) is 6.91. The van der Waals surface area contributed by atoms with E-state index in [4.69, 9.17) is 22.1 Å². The first kappa shape index (κ1) is 22.0. The van der Waals surface area contributed by atoms with E-state index in [1.165, 1.54) is 69.8 Å². The molecule has 0 amide bonds. The van der Waals surface area contributed by atoms with Crippen LogP contribution in [0, 0.1) is 0 Å². The molecule has 0 spiro atoms. The van der Waals surface area contributed by atoms with E-state index in [1.54, 1.807) is 19.5 Å². The first-order valence-electron chi connectivity index (χ1n) is 11.6. The van der Waals surface area contributed by atoms with E-state index in [1.807, 2.05) is 12.1 Å². The van der Waals surface area contributed by atoms with Crippen LogP contribution in [-0.4, -0.2) is 25.5 Å². The van der Waals surface area contributed by atoms with Gasteiger partial charge in [-0.15, -0.1) is 12.6 Å². The summed E-state index contributed by atoms with van der Waals surface area (Å²) in [6.07, 6.45) is 14.0. The summed E-state index contributed by atoms with van der Waals surface area (Å²) in [6, 6.07) is 13.1. The predicted molar refractivity (Wildman–Crippen MR) is 133 cm³/mol. The smallest absolute Gasteiger partial charge is 0.143 e. The zero-order valence-electron chi connectivity index (χ0n) is 18.4. The Hall–Kier alpha value is -1.18. The minimum absolute atomic E-state index is 0.217. The number of methoxy groups -OCH3 is 2. The molecule has 2 aromatic rings. The first-order chi connectivity index (χ1) is 14.7. The fraction of sp³-hybridized carbons (Fsp3) is 0.538. The molecule has 0 N–H and O–H groups in total. The Labute approximate surface area is 188 Å². The Morgan fingerprint density at radius 1 is 0.767 bits per heavy atom. The molecule has 0 saturated heterocycles. The fourth-order valence-corrected chi connectivity index (χ4v) is 9.73. The lowest BCUT2D eigenvalue weighted by molar-refractivity contribution is 0.391. The van der Waals surface area contributed by atoms with E-state index in [2.05, 4.69) is 24.3 Å². The molecule has 0 aromatic heterocycles. The van der Waals surface area contributed by atoms with Gasteiger partial charge in [0.05, 0.1) is 19.8 Å². The third kappa shape index (κ3) is 4.53. The van der Waals surface area contributed by atoms with Crippen molar-refractivity contribution in [1.82, 2.24) is 0 Å². The molecule has 4 rings (SSSR count). The maximum absolute atomic E-state index is 5.85. The summed E-state index contributed by atoms with van der Waals surface area (Å²) in [5.74, 6) is 1.70. The molecule has 0 radical (unpaired) electrons. The van der Waals surface area contributed by atoms with Crippen molar-refractivity contribution in [2.75, 3.05) is 14.2 Å². The van der Waals surface area contributed by atoms with Gasteiger partial charge in [-0.2, -0.15) is 0 Å². The van der Waals surface area contributed by atoms with Crippen LogP contribution in [0.4, 0.5) is 0 Å². The number of hydrogen-bond acceptors (Lipinski definition) is 3. The van der Waals surface area contributed by atoms with Crippen molar-refractivity contribution >= 4 is 25.9 Å². The van der Waals surface area contributed by atoms with Crippen LogP contribution in [0.5, 0.6) is 11.5 Å². The Morgan fingerprint density at radius 3 is 1.93 bits per heavy atom. The van der Waals surface area contributed by atoms with Crippen molar-refractivity contribution in [3.8, 4) is 22.6 Å². The Bertz CT molecular complexity index is 823. The van der Waals surface area contributed by atoms with Crippen LogP contribution in [0.25, 0.3) is 11.1 Å². The molecule has 0 bridgehead atoms. The van der Waals surface area contributed by atoms with E-state index < -0.39 is 0 Å². The fourth-order valence-electron chi connectivity index (χ4n) is 5.51. The van der Waals surface area contributed by atoms with Crippen molar-refractivity contribution in [3.63, 3.8) is 0 Å². The maximum Gasteiger partial charge on any atom is 0.143 e. The second-order valence-electron chi connectivity index (χ2n) is 8.70. The molecule has 0 aliphatic heterocycles. The van der Waals surface area contributed by atoms with Gasteiger partial charge in [-0.05, 0) is 60.0 Å². The van der Waals surface area contributed by atoms with Crippen LogP contribution in [0.15, 0.2) is 41.3 Å². The molecule has 0 atom stereocenters. The molecule has 2 nitrogen and oxygen atoms in total. The highest BCUT2D eigenvalue weighted by atomic mass is 32.1. The highest BCUT2D eigenvalue weighted by Gasteiger charge is 2.34. The highest BCUT2D eigenvalue weighted by Crippen LogP contribution is 2.57. The second-order valence-corrected chi connectivity index (χ2v) is 11.9. The molecule has 0 heterocycles. The summed E-state index contributed by atoms with van der Waals surface area (Å²) in [4.78, 5) is 0.864. The van der Waals surface area contributed by atoms with Gasteiger partial charge >= 0.3 is 0 Å². The highest BCUT2D eigenvalue weighted by molar-refractivity contribution is 7.80. The van der Waals surface area contributed by atoms with Crippen LogP contribution in [-0.2, 0) is 0 Å². The van der Waals surface area contributed by atoms with Crippen molar-refractivity contribution in [2.24, 2.45) is 0 Å². The van der Waals surface area contributed by atoms with Crippen molar-refractivity contribution < 1.29 is 9.47 Å². The number of thiol groups is 1. The molecule has 30 heavy (non-hydrogen) atoms. The Kier molecular flexibility index (Phi) is 7.65. The standard InChI is InChI=1S/C26H35O2PS/c1-27-22-17-18-24(30)26(28-2)25(22)21-15-9-10-16-23(21)29(19-11-5-3-6-12-19)20-13-7-4-8-14-20/h9-10,15-20,30H,3-8,11-14H2,1-2H3. The summed E-state index contributed by atoms with van der Waals surface area (Å²) in [6.45, 7) is 0. The van der Waals surface area contributed by atoms with E-state index in [0.29, 0.717) is 0 Å². The van der Waals surface area contributed by atoms with E-state index >= 15 is 0 Å². The van der Waals surface area contributed by atoms with Gasteiger partial charge in [0.1, 0.15) is 11.5 Å². The number of rotatable bonds is 6. The largest absolute Gasteiger partial charge is 0.496 e. The first-order valence-corrected chi connectivity index (χ1v) is 13.5. The van der Waals surface area contributed by atoms with Crippen molar-refractivity contribution in [1.29, 1.82) is 0 Å². The SMILES string of the molecule is COc1ccc(S)c(OC)c1-c1ccccc1P(C1CCCCC1)C1CCCCC1. The van der Waals surface area contributed by atoms with Gasteiger partial charge in [-0.25, -0.2) is 0 Å². The Morgan fingerprint density at radius 2 is 1.37 bits per heavy atom. The summed E-state index contributed by atoms with van der Waals surface area (Å²) in [5.41, 5.74) is 4.08. The van der Waals surface area contributed by atoms with Crippen LogP contribution in [0.3, 0.4) is 0 Å². The molecule has 2 aromatic carbocycles. The molecular formula is C26H35O2PS. The summed E-state index contributed by atoms with van der Waals surface area (Å²) >= 11 is 4.70. The third-order valence-corrected chi connectivity index (χ3v) is 10.8. The van der Waals surface area contributed by atoms with E-state index in [0.717, 1.165) is 33.3 Å². The molecule has 0 unspecified atom stereocenters. The minimum Gasteiger partial charge on any atom is -0.496 e. The number of ether oxygens (including phenoxy) is 2. The monoisotopic (exact) mass is 442 g/mol. The molecule has 2 aliphatic carbocycles. The van der Waals surface area contributed by atoms with Gasteiger partial charge in [-0.1, -0.05) is 70.7 Å². The van der Waals surface area contributed by atoms with Crippen molar-refractivity contribution in [3.05, 3.63) is 36.4 Å². The van der Waals surface area contributed by atoms with Crippen LogP contribution in [0.2, 0.25) is 0 Å². The number of hydrogen-bond donors (Lipinski definition) is 1. The average Bonchev–Trinajstić information content (AvgIpc) is 2.81. The summed E-state index contributed by atoms with van der Waals surface area (Å²) in [7, 11) is 3.28. The van der Waals surface area contributed by atoms with Gasteiger partial charge in [-0.3, -0.25) is 0 Å². The lowest BCUT2D eigenvalue weighted by atomic mass is 9.99. The van der Waals surface area contributed by atoms with Gasteiger partial charge in [0.15, 0.2) is 0 Å². The molecule has 2 aliphatic rings. The van der Waals surface area contributed by atoms with Crippen LogP contribution in [0.1, 0.15) is 64.2 Å².